The number of aliphatic hydroxyl groups is 2. The maximum Gasteiger partial charge on any atom is 0.478 e. The molecule has 0 aromatic heterocycles. The van der Waals surface area contributed by atoms with E-state index in [1.165, 1.54) is 0 Å². The molecule has 0 rings (SSSR count). The molecule has 0 bridgehead atoms. The van der Waals surface area contributed by atoms with Crippen LogP contribution in [0.2, 0.25) is 6.32 Å². The summed E-state index contributed by atoms with van der Waals surface area (Å²) in [6.45, 7) is -2.98. The summed E-state index contributed by atoms with van der Waals surface area (Å²) in [5.74, 6) is 0. The first-order valence-corrected chi connectivity index (χ1v) is 4.94. The minimum Gasteiger partial charge on any atom is -0.449 e. The quantitative estimate of drug-likeness (QED) is 0.502. The molecular formula is C8H17BF3O2-. The van der Waals surface area contributed by atoms with Crippen LogP contribution in [0.15, 0.2) is 0 Å². The van der Waals surface area contributed by atoms with Gasteiger partial charge in [0.1, 0.15) is 0 Å². The highest BCUT2D eigenvalue weighted by Crippen LogP contribution is 2.19. The highest BCUT2D eigenvalue weighted by molar-refractivity contribution is 6.58. The average Bonchev–Trinajstić information content (AvgIpc) is 2.09. The molecule has 2 N–H and O–H groups in total. The number of unbranched alkanes of at least 4 members (excludes halogenated alkanes) is 1. The zero-order valence-electron chi connectivity index (χ0n) is 8.30. The lowest BCUT2D eigenvalue weighted by atomic mass is 9.83. The molecule has 0 saturated heterocycles. The molecule has 0 aliphatic heterocycles. The Bertz CT molecular complexity index is 152. The number of aliphatic hydroxyl groups excluding tert-OH is 2. The third kappa shape index (κ3) is 7.20. The Morgan fingerprint density at radius 3 is 2.07 bits per heavy atom. The van der Waals surface area contributed by atoms with E-state index >= 15 is 0 Å². The van der Waals surface area contributed by atoms with E-state index in [1.807, 2.05) is 0 Å². The van der Waals surface area contributed by atoms with Crippen molar-refractivity contribution in [1.29, 1.82) is 0 Å². The summed E-state index contributed by atoms with van der Waals surface area (Å²) in [5, 5.41) is 18.3. The Hall–Kier alpha value is -0.225. The molecule has 0 amide bonds. The van der Waals surface area contributed by atoms with Gasteiger partial charge < -0.3 is 23.2 Å². The van der Waals surface area contributed by atoms with E-state index < -0.39 is 25.5 Å². The van der Waals surface area contributed by atoms with Gasteiger partial charge in [-0.2, -0.15) is 0 Å². The summed E-state index contributed by atoms with van der Waals surface area (Å²) < 4.78 is 35.3. The molecule has 0 radical (unpaired) electrons. The van der Waals surface area contributed by atoms with Gasteiger partial charge in [-0.15, -0.1) is 0 Å². The van der Waals surface area contributed by atoms with Crippen molar-refractivity contribution in [2.75, 3.05) is 0 Å². The molecule has 0 aliphatic carbocycles. The molecular weight excluding hydrogens is 196 g/mol. The monoisotopic (exact) mass is 213 g/mol. The van der Waals surface area contributed by atoms with E-state index in [2.05, 4.69) is 0 Å². The van der Waals surface area contributed by atoms with E-state index in [1.54, 1.807) is 6.92 Å². The summed E-state index contributed by atoms with van der Waals surface area (Å²) in [5.41, 5.74) is 0. The van der Waals surface area contributed by atoms with Crippen LogP contribution in [0.4, 0.5) is 12.9 Å². The first-order valence-electron chi connectivity index (χ1n) is 4.94. The van der Waals surface area contributed by atoms with Gasteiger partial charge in [0, 0.05) is 0 Å². The molecule has 0 unspecified atom stereocenters. The average molecular weight is 213 g/mol. The van der Waals surface area contributed by atoms with Crippen LogP contribution in [0.1, 0.15) is 32.6 Å². The van der Waals surface area contributed by atoms with Gasteiger partial charge in [-0.3, -0.25) is 0 Å². The van der Waals surface area contributed by atoms with Crippen LogP contribution < -0.4 is 0 Å². The highest BCUT2D eigenvalue weighted by Gasteiger charge is 2.22. The van der Waals surface area contributed by atoms with Crippen LogP contribution in [0.3, 0.4) is 0 Å². The van der Waals surface area contributed by atoms with Crippen LogP contribution in [0, 0.1) is 0 Å². The summed E-state index contributed by atoms with van der Waals surface area (Å²) in [6, 6.07) is 0. The molecule has 0 aliphatic rings. The van der Waals surface area contributed by atoms with Crippen LogP contribution >= 0.6 is 0 Å². The molecule has 14 heavy (non-hydrogen) atoms. The summed E-state index contributed by atoms with van der Waals surface area (Å²) in [6.07, 6.45) is -1.45. The predicted molar refractivity (Wildman–Crippen MR) is 50.0 cm³/mol. The third-order valence-corrected chi connectivity index (χ3v) is 2.14. The van der Waals surface area contributed by atoms with Gasteiger partial charge in [-0.05, 0) is 12.8 Å². The van der Waals surface area contributed by atoms with Gasteiger partial charge >= 0.3 is 6.98 Å². The van der Waals surface area contributed by atoms with Crippen LogP contribution in [-0.4, -0.2) is 29.4 Å². The SMILES string of the molecule is CC[C@@H](O)[C@@H](O)CCCC[B-](F)(F)F. The predicted octanol–water partition coefficient (Wildman–Crippen LogP) is 2.14. The lowest BCUT2D eigenvalue weighted by molar-refractivity contribution is 0.0116. The minimum atomic E-state index is -4.70. The number of hydrogen-bond acceptors (Lipinski definition) is 2. The zero-order chi connectivity index (χ0) is 11.2. The van der Waals surface area contributed by atoms with Gasteiger partial charge in [0.15, 0.2) is 0 Å². The Labute approximate surface area is 82.2 Å². The Balaban J connectivity index is 3.45. The molecule has 0 aromatic rings. The second-order valence-corrected chi connectivity index (χ2v) is 3.54. The van der Waals surface area contributed by atoms with Crippen molar-refractivity contribution in [3.8, 4) is 0 Å². The van der Waals surface area contributed by atoms with Crippen LogP contribution in [0.25, 0.3) is 0 Å². The first kappa shape index (κ1) is 13.8. The molecule has 2 nitrogen and oxygen atoms in total. The smallest absolute Gasteiger partial charge is 0.449 e. The summed E-state index contributed by atoms with van der Waals surface area (Å²) in [4.78, 5) is 0. The fraction of sp³-hybridized carbons (Fsp3) is 1.00. The van der Waals surface area contributed by atoms with E-state index in [0.717, 1.165) is 0 Å². The maximum atomic E-state index is 11.8. The Morgan fingerprint density at radius 1 is 1.07 bits per heavy atom. The Kier molecular flexibility index (Phi) is 6.19. The topological polar surface area (TPSA) is 40.5 Å². The molecule has 2 atom stereocenters. The van der Waals surface area contributed by atoms with Crippen molar-refractivity contribution in [3.05, 3.63) is 0 Å². The molecule has 0 aromatic carbocycles. The molecule has 0 spiro atoms. The summed E-state index contributed by atoms with van der Waals surface area (Å²) in [7, 11) is 0. The zero-order valence-corrected chi connectivity index (χ0v) is 8.30. The first-order chi connectivity index (χ1) is 6.37. The molecule has 0 saturated carbocycles. The van der Waals surface area contributed by atoms with Crippen molar-refractivity contribution in [2.45, 2.75) is 51.1 Å². The third-order valence-electron chi connectivity index (χ3n) is 2.14. The fourth-order valence-electron chi connectivity index (χ4n) is 1.19. The Morgan fingerprint density at radius 2 is 1.64 bits per heavy atom. The van der Waals surface area contributed by atoms with E-state index in [-0.39, 0.29) is 12.8 Å². The molecule has 0 fully saturated rings. The summed E-state index contributed by atoms with van der Waals surface area (Å²) >= 11 is 0. The van der Waals surface area contributed by atoms with Gasteiger partial charge in [0.25, 0.3) is 0 Å². The largest absolute Gasteiger partial charge is 0.478 e. The van der Waals surface area contributed by atoms with Crippen LogP contribution in [-0.2, 0) is 0 Å². The lowest BCUT2D eigenvalue weighted by Crippen LogP contribution is -2.25. The normalized spacial score (nSPS) is 16.7. The van der Waals surface area contributed by atoms with E-state index in [4.69, 9.17) is 5.11 Å². The molecule has 6 heteroatoms. The van der Waals surface area contributed by atoms with Crippen LogP contribution in [0.5, 0.6) is 0 Å². The van der Waals surface area contributed by atoms with Gasteiger partial charge in [0.05, 0.1) is 12.2 Å². The second-order valence-electron chi connectivity index (χ2n) is 3.54. The fourth-order valence-corrected chi connectivity index (χ4v) is 1.19. The van der Waals surface area contributed by atoms with Crippen molar-refractivity contribution in [1.82, 2.24) is 0 Å². The molecule has 86 valence electrons. The van der Waals surface area contributed by atoms with Crippen molar-refractivity contribution >= 4 is 6.98 Å². The van der Waals surface area contributed by atoms with Gasteiger partial charge in [-0.25, -0.2) is 0 Å². The standard InChI is InChI=1S/C8H17BF3O2/c1-2-7(13)8(14)5-3-4-6-9(10,11)12/h7-8,13-14H,2-6H2,1H3/q-1/t7-,8+/m1/s1. The molecule has 0 heterocycles. The van der Waals surface area contributed by atoms with Crippen molar-refractivity contribution in [3.63, 3.8) is 0 Å². The van der Waals surface area contributed by atoms with Crippen molar-refractivity contribution < 1.29 is 23.2 Å². The van der Waals surface area contributed by atoms with Gasteiger partial charge in [-0.1, -0.05) is 26.1 Å². The highest BCUT2D eigenvalue weighted by atomic mass is 19.4. The van der Waals surface area contributed by atoms with Crippen molar-refractivity contribution in [2.24, 2.45) is 0 Å². The lowest BCUT2D eigenvalue weighted by Gasteiger charge is -2.17. The minimum absolute atomic E-state index is 0.0387. The van der Waals surface area contributed by atoms with E-state index in [9.17, 15) is 18.1 Å². The second kappa shape index (κ2) is 6.29. The van der Waals surface area contributed by atoms with Gasteiger partial charge in [0.2, 0.25) is 0 Å². The maximum absolute atomic E-state index is 11.8. The number of rotatable bonds is 7. The van der Waals surface area contributed by atoms with E-state index in [0.29, 0.717) is 12.8 Å². The number of halogens is 3. The number of hydrogen-bond donors (Lipinski definition) is 2.